The van der Waals surface area contributed by atoms with Crippen LogP contribution in [0.5, 0.6) is 0 Å². The second kappa shape index (κ2) is 2.69. The zero-order valence-corrected chi connectivity index (χ0v) is 7.62. The molecule has 1 N–H and O–H groups in total. The lowest BCUT2D eigenvalue weighted by atomic mass is 9.98. The normalized spacial score (nSPS) is 43.8. The predicted molar refractivity (Wildman–Crippen MR) is 43.6 cm³/mol. The molecule has 0 aliphatic heterocycles. The second-order valence-corrected chi connectivity index (χ2v) is 3.81. The van der Waals surface area contributed by atoms with Crippen molar-refractivity contribution < 1.29 is 14.6 Å². The molecule has 2 bridgehead atoms. The van der Waals surface area contributed by atoms with Crippen LogP contribution in [0, 0.1) is 11.8 Å². The highest BCUT2D eigenvalue weighted by molar-refractivity contribution is 5.04. The Kier molecular flexibility index (Phi) is 1.90. The van der Waals surface area contributed by atoms with Crippen LogP contribution in [0.1, 0.15) is 19.3 Å². The van der Waals surface area contributed by atoms with Gasteiger partial charge in [-0.05, 0) is 19.3 Å². The van der Waals surface area contributed by atoms with Crippen molar-refractivity contribution in [2.24, 2.45) is 11.8 Å². The topological polar surface area (TPSA) is 38.7 Å². The number of hydrogen-bond donors (Lipinski definition) is 1. The highest BCUT2D eigenvalue weighted by Crippen LogP contribution is 2.54. The molecule has 70 valence electrons. The molecule has 2 fully saturated rings. The fraction of sp³-hybridized carbons (Fsp3) is 1.00. The van der Waals surface area contributed by atoms with Crippen LogP contribution in [0.25, 0.3) is 0 Å². The van der Waals surface area contributed by atoms with Crippen LogP contribution >= 0.6 is 0 Å². The minimum atomic E-state index is -0.473. The van der Waals surface area contributed by atoms with Gasteiger partial charge in [0, 0.05) is 26.1 Å². The van der Waals surface area contributed by atoms with Crippen molar-refractivity contribution in [1.29, 1.82) is 0 Å². The number of aliphatic hydroxyl groups excluding tert-OH is 1. The maximum absolute atomic E-state index is 9.66. The number of rotatable bonds is 2. The van der Waals surface area contributed by atoms with Crippen molar-refractivity contribution in [3.8, 4) is 0 Å². The van der Waals surface area contributed by atoms with Gasteiger partial charge in [-0.2, -0.15) is 0 Å². The standard InChI is InChI=1S/C9H16O3/c1-11-9(12-2)6-3-4-7(9)8(10)5-6/h6-8,10H,3-5H2,1-2H3/t6-,7+,8+/m0/s1. The minimum absolute atomic E-state index is 0.192. The van der Waals surface area contributed by atoms with E-state index in [0.717, 1.165) is 19.3 Å². The molecule has 2 rings (SSSR count). The van der Waals surface area contributed by atoms with Gasteiger partial charge in [-0.15, -0.1) is 0 Å². The van der Waals surface area contributed by atoms with Crippen molar-refractivity contribution in [3.63, 3.8) is 0 Å². The first-order chi connectivity index (χ1) is 5.74. The molecule has 2 aliphatic rings. The Morgan fingerprint density at radius 3 is 2.17 bits per heavy atom. The maximum Gasteiger partial charge on any atom is 0.175 e. The maximum atomic E-state index is 9.66. The lowest BCUT2D eigenvalue weighted by Gasteiger charge is -2.31. The molecule has 2 saturated carbocycles. The van der Waals surface area contributed by atoms with Crippen molar-refractivity contribution in [2.45, 2.75) is 31.2 Å². The van der Waals surface area contributed by atoms with Crippen molar-refractivity contribution in [2.75, 3.05) is 14.2 Å². The van der Waals surface area contributed by atoms with E-state index < -0.39 is 5.79 Å². The minimum Gasteiger partial charge on any atom is -0.393 e. The van der Waals surface area contributed by atoms with Gasteiger partial charge in [0.25, 0.3) is 0 Å². The number of aliphatic hydroxyl groups is 1. The van der Waals surface area contributed by atoms with E-state index in [-0.39, 0.29) is 12.0 Å². The summed E-state index contributed by atoms with van der Waals surface area (Å²) >= 11 is 0. The Hall–Kier alpha value is -0.120. The Bertz CT molecular complexity index is 177. The van der Waals surface area contributed by atoms with E-state index in [1.54, 1.807) is 14.2 Å². The van der Waals surface area contributed by atoms with Crippen LogP contribution in [0.4, 0.5) is 0 Å². The molecule has 3 atom stereocenters. The molecule has 12 heavy (non-hydrogen) atoms. The molecule has 0 amide bonds. The van der Waals surface area contributed by atoms with Crippen molar-refractivity contribution in [1.82, 2.24) is 0 Å². The van der Waals surface area contributed by atoms with E-state index in [9.17, 15) is 5.11 Å². The lowest BCUT2D eigenvalue weighted by Crippen LogP contribution is -2.40. The van der Waals surface area contributed by atoms with E-state index in [1.807, 2.05) is 0 Å². The highest BCUT2D eigenvalue weighted by Gasteiger charge is 2.60. The summed E-state index contributed by atoms with van der Waals surface area (Å²) in [6, 6.07) is 0. The van der Waals surface area contributed by atoms with E-state index >= 15 is 0 Å². The van der Waals surface area contributed by atoms with Crippen molar-refractivity contribution in [3.05, 3.63) is 0 Å². The van der Waals surface area contributed by atoms with Crippen molar-refractivity contribution >= 4 is 0 Å². The van der Waals surface area contributed by atoms with Gasteiger partial charge in [0.1, 0.15) is 0 Å². The molecule has 0 saturated heterocycles. The first kappa shape index (κ1) is 8.48. The van der Waals surface area contributed by atoms with Crippen LogP contribution in [0.3, 0.4) is 0 Å². The lowest BCUT2D eigenvalue weighted by molar-refractivity contribution is -0.239. The summed E-state index contributed by atoms with van der Waals surface area (Å²) in [5.74, 6) is 0.115. The van der Waals surface area contributed by atoms with Gasteiger partial charge in [0.05, 0.1) is 6.10 Å². The Morgan fingerprint density at radius 2 is 1.92 bits per heavy atom. The molecule has 3 heteroatoms. The van der Waals surface area contributed by atoms with Crippen LogP contribution in [0.15, 0.2) is 0 Å². The average molecular weight is 172 g/mol. The first-order valence-corrected chi connectivity index (χ1v) is 4.53. The average Bonchev–Trinajstić information content (AvgIpc) is 2.56. The summed E-state index contributed by atoms with van der Waals surface area (Å²) in [6.45, 7) is 0. The third-order valence-electron chi connectivity index (χ3n) is 3.54. The molecule has 0 radical (unpaired) electrons. The Morgan fingerprint density at radius 1 is 1.25 bits per heavy atom. The van der Waals surface area contributed by atoms with Crippen LogP contribution in [-0.4, -0.2) is 31.2 Å². The molecular formula is C9H16O3. The molecule has 0 aromatic rings. The fourth-order valence-electron chi connectivity index (χ4n) is 3.00. The molecule has 3 nitrogen and oxygen atoms in total. The molecular weight excluding hydrogens is 156 g/mol. The third-order valence-corrected chi connectivity index (χ3v) is 3.54. The summed E-state index contributed by atoms with van der Waals surface area (Å²) in [4.78, 5) is 0. The number of fused-ring (bicyclic) bond motifs is 2. The van der Waals surface area contributed by atoms with Crippen LogP contribution in [-0.2, 0) is 9.47 Å². The summed E-state index contributed by atoms with van der Waals surface area (Å²) < 4.78 is 10.8. The van der Waals surface area contributed by atoms with Gasteiger partial charge >= 0.3 is 0 Å². The van der Waals surface area contributed by atoms with Gasteiger partial charge < -0.3 is 14.6 Å². The number of hydrogen-bond acceptors (Lipinski definition) is 3. The number of methoxy groups -OCH3 is 2. The Labute approximate surface area is 72.7 Å². The molecule has 0 heterocycles. The molecule has 0 aromatic carbocycles. The Balaban J connectivity index is 2.26. The summed E-state index contributed by atoms with van der Waals surface area (Å²) in [5.41, 5.74) is 0. The predicted octanol–water partition coefficient (Wildman–Crippen LogP) is 0.766. The zero-order valence-electron chi connectivity index (χ0n) is 7.62. The summed E-state index contributed by atoms with van der Waals surface area (Å²) in [7, 11) is 3.35. The second-order valence-electron chi connectivity index (χ2n) is 3.81. The monoisotopic (exact) mass is 172 g/mol. The van der Waals surface area contributed by atoms with Gasteiger partial charge in [0.15, 0.2) is 5.79 Å². The van der Waals surface area contributed by atoms with E-state index in [2.05, 4.69) is 0 Å². The molecule has 0 spiro atoms. The van der Waals surface area contributed by atoms with E-state index in [1.165, 1.54) is 0 Å². The van der Waals surface area contributed by atoms with Gasteiger partial charge in [-0.1, -0.05) is 0 Å². The quantitative estimate of drug-likeness (QED) is 0.625. The van der Waals surface area contributed by atoms with Gasteiger partial charge in [0.2, 0.25) is 0 Å². The van der Waals surface area contributed by atoms with Gasteiger partial charge in [-0.25, -0.2) is 0 Å². The fourth-order valence-corrected chi connectivity index (χ4v) is 3.00. The largest absolute Gasteiger partial charge is 0.393 e. The van der Waals surface area contributed by atoms with E-state index in [4.69, 9.17) is 9.47 Å². The molecule has 2 aliphatic carbocycles. The smallest absolute Gasteiger partial charge is 0.175 e. The SMILES string of the molecule is COC1(OC)[C@H]2CC[C@@H]1[C@H](O)C2. The summed E-state index contributed by atoms with van der Waals surface area (Å²) in [5, 5.41) is 9.66. The number of ether oxygens (including phenoxy) is 2. The summed E-state index contributed by atoms with van der Waals surface area (Å²) in [6.07, 6.45) is 2.78. The zero-order chi connectivity index (χ0) is 8.77. The van der Waals surface area contributed by atoms with Crippen LogP contribution in [0.2, 0.25) is 0 Å². The first-order valence-electron chi connectivity index (χ1n) is 4.53. The van der Waals surface area contributed by atoms with Gasteiger partial charge in [-0.3, -0.25) is 0 Å². The molecule has 0 aromatic heterocycles. The van der Waals surface area contributed by atoms with E-state index in [0.29, 0.717) is 5.92 Å². The molecule has 0 unspecified atom stereocenters. The van der Waals surface area contributed by atoms with Crippen LogP contribution < -0.4 is 0 Å². The highest BCUT2D eigenvalue weighted by atomic mass is 16.7. The third kappa shape index (κ3) is 0.817.